The summed E-state index contributed by atoms with van der Waals surface area (Å²) in [6.45, 7) is 43.2. The Kier molecular flexibility index (Phi) is 41.5. The first-order valence-corrected chi connectivity index (χ1v) is 33.5. The summed E-state index contributed by atoms with van der Waals surface area (Å²) >= 11 is 13.6. The smallest absolute Gasteiger partial charge is 0.191 e. The summed E-state index contributed by atoms with van der Waals surface area (Å²) in [5.41, 5.74) is 10.1. The molecule has 13 aromatic rings. The molecule has 0 bridgehead atoms. The number of hydrogen-bond acceptors (Lipinski definition) is 26. The van der Waals surface area contributed by atoms with Crippen molar-refractivity contribution in [3.63, 3.8) is 0 Å². The predicted octanol–water partition coefficient (Wildman–Crippen LogP) is 19.3. The van der Waals surface area contributed by atoms with Gasteiger partial charge in [-0.05, 0) is 132 Å². The maximum atomic E-state index is 4.97. The van der Waals surface area contributed by atoms with E-state index in [-0.39, 0.29) is 0 Å². The van der Waals surface area contributed by atoms with E-state index >= 15 is 0 Å². The van der Waals surface area contributed by atoms with Crippen LogP contribution in [-0.2, 0) is 0 Å². The minimum Gasteiger partial charge on any atom is -0.452 e. The van der Waals surface area contributed by atoms with Gasteiger partial charge in [-0.15, -0.1) is 90.7 Å². The number of oxazole rings is 5. The number of thiazole rings is 8. The quantitative estimate of drug-likeness (QED) is 0.137. The molecule has 13 aromatic heterocycles. The average Bonchev–Trinajstić information content (AvgIpc) is 4.48. The molecule has 470 valence electrons. The fraction of sp³-hybridized carbons (Fsp3) is 0.361. The molecule has 0 aliphatic heterocycles. The Hall–Kier alpha value is -6.91. The van der Waals surface area contributed by atoms with Gasteiger partial charge in [-0.2, -0.15) is 0 Å². The van der Waals surface area contributed by atoms with E-state index in [0.717, 1.165) is 88.5 Å². The molecule has 0 spiro atoms. The highest BCUT2D eigenvalue weighted by Gasteiger charge is 1.96. The first kappa shape index (κ1) is 78.1. The van der Waals surface area contributed by atoms with Gasteiger partial charge in [0.15, 0.2) is 30.5 Å². The molecule has 18 nitrogen and oxygen atoms in total. The zero-order valence-electron chi connectivity index (χ0n) is 53.9. The zero-order valence-corrected chi connectivity index (χ0v) is 60.5. The van der Waals surface area contributed by atoms with Crippen LogP contribution in [-0.4, -0.2) is 64.8 Å². The van der Waals surface area contributed by atoms with Gasteiger partial charge in [0.1, 0.15) is 29.8 Å². The van der Waals surface area contributed by atoms with E-state index in [2.05, 4.69) is 101 Å². The Labute approximate surface area is 545 Å². The van der Waals surface area contributed by atoms with Gasteiger partial charge in [-0.3, -0.25) is 15.0 Å². The zero-order chi connectivity index (χ0) is 65.1. The number of hydrogen-bond donors (Lipinski definition) is 0. The topological polar surface area (TPSA) is 233 Å². The lowest BCUT2D eigenvalue weighted by atomic mass is 10.4. The van der Waals surface area contributed by atoms with E-state index in [1.165, 1.54) is 43.0 Å². The summed E-state index contributed by atoms with van der Waals surface area (Å²) in [5.74, 6) is 4.80. The molecule has 0 unspecified atom stereocenters. The predicted molar refractivity (Wildman–Crippen MR) is 364 cm³/mol. The van der Waals surface area contributed by atoms with Crippen molar-refractivity contribution < 1.29 is 22.1 Å². The number of aromatic nitrogens is 13. The lowest BCUT2D eigenvalue weighted by molar-refractivity contribution is 0.494. The molecule has 26 heteroatoms. The molecule has 0 aliphatic carbocycles. The second-order valence-corrected chi connectivity index (χ2v) is 27.2. The molecular formula is C61H83N13O5S8. The molecule has 0 saturated carbocycles. The van der Waals surface area contributed by atoms with E-state index in [0.29, 0.717) is 0 Å². The Morgan fingerprint density at radius 2 is 0.920 bits per heavy atom. The van der Waals surface area contributed by atoms with Crippen LogP contribution in [0, 0.1) is 152 Å². The van der Waals surface area contributed by atoms with E-state index < -0.39 is 0 Å². The van der Waals surface area contributed by atoms with Gasteiger partial charge in [0.05, 0.1) is 76.7 Å². The minimum atomic E-state index is 0.734. The highest BCUT2D eigenvalue weighted by Crippen LogP contribution is 2.14. The van der Waals surface area contributed by atoms with E-state index in [1.807, 2.05) is 172 Å². The molecule has 0 N–H and O–H groups in total. The van der Waals surface area contributed by atoms with Crippen LogP contribution in [0.4, 0.5) is 0 Å². The number of rotatable bonds is 0. The largest absolute Gasteiger partial charge is 0.452 e. The fourth-order valence-corrected chi connectivity index (χ4v) is 10.1. The van der Waals surface area contributed by atoms with Crippen LogP contribution in [0.2, 0.25) is 0 Å². The SMILES string of the molecule is Cc1cnc(C)o1.Cc1cnc(C)o1.Cc1cnc(C)s1.Cc1cnc(C)s1.Cc1cnco1.Cc1cncs1.Cc1coc(C)n1.Cc1cocn1.Cc1csc(C)n1.Cc1csc(C)n1.Cc1cscn1.Cc1nc(C)c(C)s1.Cc1nccs1. The van der Waals surface area contributed by atoms with E-state index in [1.54, 1.807) is 128 Å². The third kappa shape index (κ3) is 44.2. The lowest BCUT2D eigenvalue weighted by Crippen LogP contribution is -1.71. The van der Waals surface area contributed by atoms with E-state index in [4.69, 9.17) is 17.7 Å². The maximum absolute atomic E-state index is 4.97. The first-order chi connectivity index (χ1) is 41.2. The summed E-state index contributed by atoms with van der Waals surface area (Å²) in [6, 6.07) is 0. The van der Waals surface area contributed by atoms with Crippen molar-refractivity contribution in [3.8, 4) is 0 Å². The van der Waals surface area contributed by atoms with Crippen molar-refractivity contribution in [2.24, 2.45) is 0 Å². The normalized spacial score (nSPS) is 9.26. The molecule has 0 saturated heterocycles. The third-order valence-corrected chi connectivity index (χ3v) is 15.6. The molecule has 0 aliphatic rings. The molecule has 0 aromatic carbocycles. The Bertz CT molecular complexity index is 2910. The number of nitrogens with zero attached hydrogens (tertiary/aromatic N) is 13. The molecular weight excluding hydrogens is 1250 g/mol. The fourth-order valence-electron chi connectivity index (χ4n) is 5.32. The van der Waals surface area contributed by atoms with Gasteiger partial charge >= 0.3 is 0 Å². The second-order valence-electron chi connectivity index (χ2n) is 17.9. The van der Waals surface area contributed by atoms with Crippen molar-refractivity contribution in [2.75, 3.05) is 0 Å². The van der Waals surface area contributed by atoms with Crippen LogP contribution < -0.4 is 0 Å². The molecule has 0 atom stereocenters. The van der Waals surface area contributed by atoms with Gasteiger partial charge in [-0.1, -0.05) is 0 Å². The molecule has 13 heterocycles. The molecule has 0 amide bonds. The first-order valence-electron chi connectivity index (χ1n) is 26.6. The molecule has 87 heavy (non-hydrogen) atoms. The minimum absolute atomic E-state index is 0.734. The van der Waals surface area contributed by atoms with Crippen LogP contribution >= 0.6 is 90.7 Å². The van der Waals surface area contributed by atoms with Crippen LogP contribution in [0.3, 0.4) is 0 Å². The summed E-state index contributed by atoms with van der Waals surface area (Å²) < 4.78 is 24.1. The van der Waals surface area contributed by atoms with Gasteiger partial charge in [0, 0.05) is 104 Å². The van der Waals surface area contributed by atoms with Crippen LogP contribution in [0.15, 0.2) is 123 Å². The van der Waals surface area contributed by atoms with E-state index in [9.17, 15) is 0 Å². The van der Waals surface area contributed by atoms with Crippen LogP contribution in [0.5, 0.6) is 0 Å². The number of aryl methyl sites for hydroxylation is 22. The van der Waals surface area contributed by atoms with Crippen LogP contribution in [0.25, 0.3) is 0 Å². The molecule has 13 rings (SSSR count). The maximum Gasteiger partial charge on any atom is 0.191 e. The monoisotopic (exact) mass is 1330 g/mol. The third-order valence-electron chi connectivity index (χ3n) is 9.06. The molecule has 0 radical (unpaired) electrons. The Morgan fingerprint density at radius 1 is 0.345 bits per heavy atom. The van der Waals surface area contributed by atoms with Gasteiger partial charge in [-0.25, -0.2) is 49.8 Å². The molecule has 0 fully saturated rings. The van der Waals surface area contributed by atoms with Gasteiger partial charge in [0.2, 0.25) is 0 Å². The highest BCUT2D eigenvalue weighted by molar-refractivity contribution is 7.12. The lowest BCUT2D eigenvalue weighted by Gasteiger charge is -1.77. The van der Waals surface area contributed by atoms with Crippen LogP contribution in [0.1, 0.15) is 119 Å². The van der Waals surface area contributed by atoms with Crippen molar-refractivity contribution >= 4 is 90.7 Å². The standard InChI is InChI=1S/C6H9NS.3C5H7NO.4C5H7NS.2C4H5NO.3C4H5NS/c1-4-5(2)8-6(3)7-4;1-4-3-7-5(2)6-4;2*1-4-3-6-5(2)7-4;2*1-4-3-7-5(2)6-4;2*1-4-3-6-5(2)7-4;1-4-2-6-3-5-4;1-4-2-5-3-6-4;1-4-2-6-3-5-4;1-4-2-5-3-6-4;1-4-5-2-3-6-4/h1-3H3;7*3H,1-2H3;5*2-3H,1H3. The Morgan fingerprint density at radius 3 is 1.03 bits per heavy atom. The van der Waals surface area contributed by atoms with Gasteiger partial charge in [0.25, 0.3) is 0 Å². The highest BCUT2D eigenvalue weighted by atomic mass is 32.1. The second kappa shape index (κ2) is 46.3. The average molecular weight is 1330 g/mol. The van der Waals surface area contributed by atoms with Crippen molar-refractivity contribution in [1.29, 1.82) is 0 Å². The summed E-state index contributed by atoms with van der Waals surface area (Å²) in [4.78, 5) is 56.5. The summed E-state index contributed by atoms with van der Waals surface area (Å²) in [5, 5.41) is 15.0. The van der Waals surface area contributed by atoms with Crippen molar-refractivity contribution in [3.05, 3.63) is 220 Å². The summed E-state index contributed by atoms with van der Waals surface area (Å²) in [7, 11) is 0. The van der Waals surface area contributed by atoms with Gasteiger partial charge < -0.3 is 22.1 Å². The van der Waals surface area contributed by atoms with Crippen molar-refractivity contribution in [1.82, 2.24) is 64.8 Å². The Balaban J connectivity index is 0.000000472. The van der Waals surface area contributed by atoms with Crippen molar-refractivity contribution in [2.45, 2.75) is 152 Å². The summed E-state index contributed by atoms with van der Waals surface area (Å²) in [6.07, 6.45) is 18.6.